The highest BCUT2D eigenvalue weighted by Gasteiger charge is 2.16. The summed E-state index contributed by atoms with van der Waals surface area (Å²) >= 11 is 0. The van der Waals surface area contributed by atoms with Gasteiger partial charge in [0.1, 0.15) is 11.6 Å². The second kappa shape index (κ2) is 9.06. The standard InChI is InChI=1S/C10H11FO2.C10H9FO/c11-9-5-1-3-8(7-9)4-2-6-10(12)13;11-8-4-5-9-7(6-8)2-1-3-10(9)12/h1,3,5,7H,2,4,6H2,(H,12,13);4-6H,1-3H2. The van der Waals surface area contributed by atoms with Crippen LogP contribution in [0.25, 0.3) is 0 Å². The molecule has 3 rings (SSSR count). The number of aliphatic carboxylic acids is 1. The number of benzene rings is 2. The van der Waals surface area contributed by atoms with E-state index in [9.17, 15) is 18.4 Å². The maximum absolute atomic E-state index is 12.7. The minimum Gasteiger partial charge on any atom is -0.481 e. The van der Waals surface area contributed by atoms with E-state index in [0.717, 1.165) is 24.0 Å². The van der Waals surface area contributed by atoms with Gasteiger partial charge in [0.05, 0.1) is 0 Å². The molecule has 0 amide bonds. The first kappa shape index (κ1) is 18.8. The molecule has 0 aromatic heterocycles. The zero-order chi connectivity index (χ0) is 18.2. The Hall–Kier alpha value is -2.56. The van der Waals surface area contributed by atoms with E-state index in [0.29, 0.717) is 24.8 Å². The summed E-state index contributed by atoms with van der Waals surface area (Å²) in [5, 5.41) is 8.37. The molecule has 2 aromatic carbocycles. The number of hydrogen-bond donors (Lipinski definition) is 1. The fourth-order valence-electron chi connectivity index (χ4n) is 2.75. The molecule has 1 aliphatic carbocycles. The molecule has 1 N–H and O–H groups in total. The molecule has 0 unspecified atom stereocenters. The molecule has 0 aliphatic heterocycles. The van der Waals surface area contributed by atoms with Crippen LogP contribution in [0.3, 0.4) is 0 Å². The van der Waals surface area contributed by atoms with Crippen LogP contribution in [0.1, 0.15) is 47.2 Å². The summed E-state index contributed by atoms with van der Waals surface area (Å²) in [5.74, 6) is -1.18. The van der Waals surface area contributed by atoms with E-state index in [1.54, 1.807) is 18.2 Å². The SMILES string of the molecule is O=C(O)CCCc1cccc(F)c1.O=C1CCCc2cc(F)ccc21. The maximum atomic E-state index is 12.7. The first-order valence-corrected chi connectivity index (χ1v) is 8.23. The summed E-state index contributed by atoms with van der Waals surface area (Å²) < 4.78 is 25.3. The summed E-state index contributed by atoms with van der Waals surface area (Å²) in [5.41, 5.74) is 2.43. The maximum Gasteiger partial charge on any atom is 0.303 e. The van der Waals surface area contributed by atoms with E-state index in [2.05, 4.69) is 0 Å². The predicted octanol–water partition coefficient (Wildman–Crippen LogP) is 4.58. The molecule has 1 aliphatic rings. The van der Waals surface area contributed by atoms with Gasteiger partial charge in [-0.3, -0.25) is 9.59 Å². The van der Waals surface area contributed by atoms with Crippen LogP contribution in [0.5, 0.6) is 0 Å². The minimum absolute atomic E-state index is 0.135. The lowest BCUT2D eigenvalue weighted by atomic mass is 9.91. The van der Waals surface area contributed by atoms with Crippen molar-refractivity contribution in [2.75, 3.05) is 0 Å². The molecule has 2 aromatic rings. The first-order valence-electron chi connectivity index (χ1n) is 8.23. The molecule has 5 heteroatoms. The number of Topliss-reactive ketones (excluding diaryl/α,β-unsaturated/α-hetero) is 1. The van der Waals surface area contributed by atoms with Crippen molar-refractivity contribution in [3.8, 4) is 0 Å². The van der Waals surface area contributed by atoms with Crippen LogP contribution in [0.4, 0.5) is 8.78 Å². The van der Waals surface area contributed by atoms with Gasteiger partial charge < -0.3 is 5.11 Å². The molecule has 0 saturated carbocycles. The summed E-state index contributed by atoms with van der Waals surface area (Å²) in [6.07, 6.45) is 3.60. The third-order valence-electron chi connectivity index (χ3n) is 3.96. The van der Waals surface area contributed by atoms with Crippen LogP contribution in [0, 0.1) is 11.6 Å². The van der Waals surface area contributed by atoms with Gasteiger partial charge in [-0.2, -0.15) is 0 Å². The van der Waals surface area contributed by atoms with Crippen LogP contribution >= 0.6 is 0 Å². The highest BCUT2D eigenvalue weighted by atomic mass is 19.1. The minimum atomic E-state index is -0.809. The van der Waals surface area contributed by atoms with E-state index in [1.165, 1.54) is 24.3 Å². The van der Waals surface area contributed by atoms with Crippen molar-refractivity contribution >= 4 is 11.8 Å². The average Bonchev–Trinajstić information content (AvgIpc) is 2.55. The van der Waals surface area contributed by atoms with Crippen LogP contribution in [-0.2, 0) is 17.6 Å². The van der Waals surface area contributed by atoms with Gasteiger partial charge in [0.2, 0.25) is 0 Å². The van der Waals surface area contributed by atoms with Crippen molar-refractivity contribution in [2.45, 2.75) is 38.5 Å². The number of carboxylic acid groups (broad SMARTS) is 1. The number of carbonyl (C=O) groups is 2. The normalized spacial score (nSPS) is 12.8. The van der Waals surface area contributed by atoms with Gasteiger partial charge in [-0.1, -0.05) is 12.1 Å². The second-order valence-electron chi connectivity index (χ2n) is 5.96. The molecule has 0 heterocycles. The third kappa shape index (κ3) is 6.10. The molecule has 0 atom stereocenters. The summed E-state index contributed by atoms with van der Waals surface area (Å²) in [6.45, 7) is 0. The fourth-order valence-corrected chi connectivity index (χ4v) is 2.75. The van der Waals surface area contributed by atoms with Gasteiger partial charge in [-0.25, -0.2) is 8.78 Å². The van der Waals surface area contributed by atoms with Gasteiger partial charge in [0.25, 0.3) is 0 Å². The van der Waals surface area contributed by atoms with Crippen molar-refractivity contribution in [3.63, 3.8) is 0 Å². The zero-order valence-electron chi connectivity index (χ0n) is 13.8. The Morgan fingerprint density at radius 2 is 1.80 bits per heavy atom. The van der Waals surface area contributed by atoms with Crippen molar-refractivity contribution in [3.05, 3.63) is 70.8 Å². The van der Waals surface area contributed by atoms with Crippen LogP contribution in [0.15, 0.2) is 42.5 Å². The molecular formula is C20H20F2O3. The highest BCUT2D eigenvalue weighted by molar-refractivity contribution is 5.98. The molecule has 0 saturated heterocycles. The molecule has 25 heavy (non-hydrogen) atoms. The van der Waals surface area contributed by atoms with Crippen LogP contribution in [0.2, 0.25) is 0 Å². The number of fused-ring (bicyclic) bond motifs is 1. The molecule has 132 valence electrons. The third-order valence-corrected chi connectivity index (χ3v) is 3.96. The number of hydrogen-bond acceptors (Lipinski definition) is 2. The van der Waals surface area contributed by atoms with Gasteiger partial charge in [-0.05, 0) is 67.1 Å². The Morgan fingerprint density at radius 3 is 2.52 bits per heavy atom. The molecule has 0 radical (unpaired) electrons. The van der Waals surface area contributed by atoms with Crippen LogP contribution in [-0.4, -0.2) is 16.9 Å². The summed E-state index contributed by atoms with van der Waals surface area (Å²) in [7, 11) is 0. The van der Waals surface area contributed by atoms with Gasteiger partial charge in [0, 0.05) is 18.4 Å². The van der Waals surface area contributed by atoms with Gasteiger partial charge in [0.15, 0.2) is 5.78 Å². The number of carboxylic acids is 1. The Morgan fingerprint density at radius 1 is 1.04 bits per heavy atom. The fraction of sp³-hybridized carbons (Fsp3) is 0.300. The van der Waals surface area contributed by atoms with E-state index >= 15 is 0 Å². The van der Waals surface area contributed by atoms with Crippen molar-refractivity contribution in [1.29, 1.82) is 0 Å². The van der Waals surface area contributed by atoms with Crippen molar-refractivity contribution < 1.29 is 23.5 Å². The van der Waals surface area contributed by atoms with Crippen molar-refractivity contribution in [1.82, 2.24) is 0 Å². The molecular weight excluding hydrogens is 326 g/mol. The summed E-state index contributed by atoms with van der Waals surface area (Å²) in [4.78, 5) is 21.5. The lowest BCUT2D eigenvalue weighted by Crippen LogP contribution is -2.10. The Bertz CT molecular complexity index is 756. The average molecular weight is 346 g/mol. The number of aryl methyl sites for hydroxylation is 2. The van der Waals surface area contributed by atoms with E-state index in [1.807, 2.05) is 0 Å². The highest BCUT2D eigenvalue weighted by Crippen LogP contribution is 2.21. The largest absolute Gasteiger partial charge is 0.481 e. The zero-order valence-corrected chi connectivity index (χ0v) is 13.8. The number of carbonyl (C=O) groups excluding carboxylic acids is 1. The number of halogens is 2. The van der Waals surface area contributed by atoms with E-state index < -0.39 is 5.97 Å². The number of ketones is 1. The van der Waals surface area contributed by atoms with Gasteiger partial charge >= 0.3 is 5.97 Å². The number of rotatable bonds is 4. The van der Waals surface area contributed by atoms with E-state index in [-0.39, 0.29) is 23.8 Å². The molecule has 0 bridgehead atoms. The van der Waals surface area contributed by atoms with Crippen LogP contribution < -0.4 is 0 Å². The Kier molecular flexibility index (Phi) is 6.81. The quantitative estimate of drug-likeness (QED) is 0.882. The predicted molar refractivity (Wildman–Crippen MR) is 90.6 cm³/mol. The van der Waals surface area contributed by atoms with E-state index in [4.69, 9.17) is 5.11 Å². The molecule has 0 fully saturated rings. The van der Waals surface area contributed by atoms with Crippen molar-refractivity contribution in [2.24, 2.45) is 0 Å². The second-order valence-corrected chi connectivity index (χ2v) is 5.96. The van der Waals surface area contributed by atoms with Gasteiger partial charge in [-0.15, -0.1) is 0 Å². The lowest BCUT2D eigenvalue weighted by molar-refractivity contribution is -0.137. The monoisotopic (exact) mass is 346 g/mol. The summed E-state index contributed by atoms with van der Waals surface area (Å²) in [6, 6.07) is 10.6. The smallest absolute Gasteiger partial charge is 0.303 e. The topological polar surface area (TPSA) is 54.4 Å². The lowest BCUT2D eigenvalue weighted by Gasteiger charge is -2.13. The molecule has 3 nitrogen and oxygen atoms in total. The molecule has 0 spiro atoms. The Balaban J connectivity index is 0.000000181. The Labute approximate surface area is 145 Å². The first-order chi connectivity index (χ1) is 12.0.